The molecule has 9 heteroatoms. The Balaban J connectivity index is 1.61. The number of rotatable bonds is 4. The van der Waals surface area contributed by atoms with Gasteiger partial charge in [0.15, 0.2) is 17.9 Å². The molecule has 0 N–H and O–H groups in total. The molecule has 5 atom stereocenters. The second kappa shape index (κ2) is 6.73. The van der Waals surface area contributed by atoms with Gasteiger partial charge in [-0.05, 0) is 46.8 Å². The molecule has 0 saturated carbocycles. The van der Waals surface area contributed by atoms with Gasteiger partial charge in [0.1, 0.15) is 24.4 Å². The van der Waals surface area contributed by atoms with Gasteiger partial charge in [-0.15, -0.1) is 0 Å². The fourth-order valence-corrected chi connectivity index (χ4v) is 4.79. The zero-order valence-electron chi connectivity index (χ0n) is 16.6. The Morgan fingerprint density at radius 3 is 2.25 bits per heavy atom. The summed E-state index contributed by atoms with van der Waals surface area (Å²) in [6.07, 6.45) is -3.60. The SMILES string of the molecule is Cc1ccc(S(=O)(=O)O[C@@H]2[C@H]3OC(C)(C)O[C@@H]3O[C@@H]2[C@@H]2COC(C)(C)O2)cc1. The molecule has 0 bridgehead atoms. The average Bonchev–Trinajstić information content (AvgIpc) is 3.18. The molecule has 3 aliphatic heterocycles. The fourth-order valence-electron chi connectivity index (χ4n) is 3.70. The van der Waals surface area contributed by atoms with Crippen LogP contribution in [-0.4, -0.2) is 57.3 Å². The highest BCUT2D eigenvalue weighted by atomic mass is 32.2. The summed E-state index contributed by atoms with van der Waals surface area (Å²) in [5, 5.41) is 0. The number of aryl methyl sites for hydroxylation is 1. The molecule has 0 aromatic heterocycles. The number of ether oxygens (including phenoxy) is 5. The Hall–Kier alpha value is -1.07. The van der Waals surface area contributed by atoms with Gasteiger partial charge in [-0.2, -0.15) is 8.42 Å². The van der Waals surface area contributed by atoms with E-state index in [0.717, 1.165) is 5.56 Å². The molecule has 3 saturated heterocycles. The van der Waals surface area contributed by atoms with Gasteiger partial charge >= 0.3 is 0 Å². The van der Waals surface area contributed by atoms with Crippen LogP contribution in [0.3, 0.4) is 0 Å². The summed E-state index contributed by atoms with van der Waals surface area (Å²) in [6.45, 7) is 9.20. The molecule has 3 heterocycles. The van der Waals surface area contributed by atoms with E-state index in [1.165, 1.54) is 12.1 Å². The second-order valence-corrected chi connectivity index (χ2v) is 9.84. The maximum Gasteiger partial charge on any atom is 0.297 e. The molecule has 1 aromatic rings. The molecule has 4 rings (SSSR count). The quantitative estimate of drug-likeness (QED) is 0.692. The molecule has 3 aliphatic rings. The molecule has 0 amide bonds. The zero-order chi connectivity index (χ0) is 20.3. The molecular weight excluding hydrogens is 388 g/mol. The third kappa shape index (κ3) is 3.85. The summed E-state index contributed by atoms with van der Waals surface area (Å²) >= 11 is 0. The molecule has 156 valence electrons. The summed E-state index contributed by atoms with van der Waals surface area (Å²) in [7, 11) is -4.04. The molecule has 0 unspecified atom stereocenters. The first kappa shape index (κ1) is 20.2. The van der Waals surface area contributed by atoms with Crippen LogP contribution >= 0.6 is 0 Å². The van der Waals surface area contributed by atoms with Crippen molar-refractivity contribution in [2.24, 2.45) is 0 Å². The maximum atomic E-state index is 12.9. The van der Waals surface area contributed by atoms with Crippen LogP contribution in [0.2, 0.25) is 0 Å². The first-order chi connectivity index (χ1) is 13.0. The highest BCUT2D eigenvalue weighted by molar-refractivity contribution is 7.86. The van der Waals surface area contributed by atoms with E-state index in [9.17, 15) is 8.42 Å². The molecule has 1 aromatic carbocycles. The zero-order valence-corrected chi connectivity index (χ0v) is 17.4. The van der Waals surface area contributed by atoms with Crippen LogP contribution in [0.1, 0.15) is 33.3 Å². The largest absolute Gasteiger partial charge is 0.348 e. The minimum Gasteiger partial charge on any atom is -0.348 e. The van der Waals surface area contributed by atoms with Crippen LogP contribution < -0.4 is 0 Å². The third-order valence-electron chi connectivity index (χ3n) is 4.97. The van der Waals surface area contributed by atoms with Crippen LogP contribution in [0.5, 0.6) is 0 Å². The van der Waals surface area contributed by atoms with Crippen molar-refractivity contribution >= 4 is 10.1 Å². The first-order valence-electron chi connectivity index (χ1n) is 9.29. The van der Waals surface area contributed by atoms with Gasteiger partial charge < -0.3 is 23.7 Å². The lowest BCUT2D eigenvalue weighted by Crippen LogP contribution is -2.45. The van der Waals surface area contributed by atoms with Gasteiger partial charge in [0, 0.05) is 0 Å². The van der Waals surface area contributed by atoms with Crippen molar-refractivity contribution in [3.63, 3.8) is 0 Å². The third-order valence-corrected chi connectivity index (χ3v) is 6.30. The molecule has 8 nitrogen and oxygen atoms in total. The number of hydrogen-bond donors (Lipinski definition) is 0. The Bertz CT molecular complexity index is 832. The number of hydrogen-bond acceptors (Lipinski definition) is 8. The van der Waals surface area contributed by atoms with E-state index in [-0.39, 0.29) is 11.5 Å². The lowest BCUT2D eigenvalue weighted by molar-refractivity contribution is -0.230. The summed E-state index contributed by atoms with van der Waals surface area (Å²) in [4.78, 5) is 0.0717. The van der Waals surface area contributed by atoms with Crippen LogP contribution in [0.25, 0.3) is 0 Å². The predicted molar refractivity (Wildman–Crippen MR) is 96.8 cm³/mol. The lowest BCUT2D eigenvalue weighted by atomic mass is 10.1. The van der Waals surface area contributed by atoms with Gasteiger partial charge in [-0.1, -0.05) is 17.7 Å². The van der Waals surface area contributed by atoms with Gasteiger partial charge in [0.05, 0.1) is 11.5 Å². The van der Waals surface area contributed by atoms with Crippen LogP contribution in [0.15, 0.2) is 29.2 Å². The number of fused-ring (bicyclic) bond motifs is 1. The van der Waals surface area contributed by atoms with Crippen molar-refractivity contribution in [2.45, 2.75) is 81.8 Å². The molecule has 0 spiro atoms. The Kier molecular flexibility index (Phi) is 4.86. The Morgan fingerprint density at radius 2 is 1.64 bits per heavy atom. The topological polar surface area (TPSA) is 89.5 Å². The van der Waals surface area contributed by atoms with Crippen molar-refractivity contribution in [3.05, 3.63) is 29.8 Å². The minimum absolute atomic E-state index is 0.0717. The summed E-state index contributed by atoms with van der Waals surface area (Å²) in [5.41, 5.74) is 0.953. The maximum absolute atomic E-state index is 12.9. The normalized spacial score (nSPS) is 36.5. The van der Waals surface area contributed by atoms with Gasteiger partial charge in [0.2, 0.25) is 0 Å². The van der Waals surface area contributed by atoms with Crippen molar-refractivity contribution in [3.8, 4) is 0 Å². The molecule has 3 fully saturated rings. The highest BCUT2D eigenvalue weighted by Crippen LogP contribution is 2.42. The van der Waals surface area contributed by atoms with E-state index in [2.05, 4.69) is 0 Å². The van der Waals surface area contributed by atoms with E-state index in [1.807, 2.05) is 6.92 Å². The fraction of sp³-hybridized carbons (Fsp3) is 0.684. The smallest absolute Gasteiger partial charge is 0.297 e. The van der Waals surface area contributed by atoms with E-state index >= 15 is 0 Å². The van der Waals surface area contributed by atoms with Crippen LogP contribution in [0.4, 0.5) is 0 Å². The summed E-state index contributed by atoms with van der Waals surface area (Å²) in [5.74, 6) is -1.69. The molecule has 0 radical (unpaired) electrons. The van der Waals surface area contributed by atoms with Crippen molar-refractivity contribution < 1.29 is 36.3 Å². The van der Waals surface area contributed by atoms with Gasteiger partial charge in [-0.25, -0.2) is 0 Å². The van der Waals surface area contributed by atoms with Gasteiger partial charge in [-0.3, -0.25) is 4.18 Å². The Morgan fingerprint density at radius 1 is 0.964 bits per heavy atom. The van der Waals surface area contributed by atoms with Crippen molar-refractivity contribution in [1.29, 1.82) is 0 Å². The first-order valence-corrected chi connectivity index (χ1v) is 10.7. The Labute approximate surface area is 165 Å². The van der Waals surface area contributed by atoms with E-state index in [4.69, 9.17) is 27.9 Å². The molecule has 28 heavy (non-hydrogen) atoms. The average molecular weight is 414 g/mol. The standard InChI is InChI=1S/C19H26O8S/c1-11-6-8-12(9-7-11)28(20,21)27-15-14(13-10-22-18(2,3)24-13)23-17-16(15)25-19(4,5)26-17/h6-9,13-17H,10H2,1-5H3/t13-,14+,15-,16+,17-/m0/s1. The monoisotopic (exact) mass is 414 g/mol. The van der Waals surface area contributed by atoms with E-state index in [0.29, 0.717) is 0 Å². The summed E-state index contributed by atoms with van der Waals surface area (Å²) < 4.78 is 60.5. The lowest BCUT2D eigenvalue weighted by Gasteiger charge is -2.28. The van der Waals surface area contributed by atoms with Gasteiger partial charge in [0.25, 0.3) is 10.1 Å². The van der Waals surface area contributed by atoms with Crippen LogP contribution in [-0.2, 0) is 38.0 Å². The molecular formula is C19H26O8S. The van der Waals surface area contributed by atoms with Crippen LogP contribution in [0, 0.1) is 6.92 Å². The molecule has 0 aliphatic carbocycles. The second-order valence-electron chi connectivity index (χ2n) is 8.26. The summed E-state index contributed by atoms with van der Waals surface area (Å²) in [6, 6.07) is 6.47. The predicted octanol–water partition coefficient (Wildman–Crippen LogP) is 2.10. The van der Waals surface area contributed by atoms with E-state index in [1.54, 1.807) is 39.8 Å². The minimum atomic E-state index is -4.04. The highest BCUT2D eigenvalue weighted by Gasteiger charge is 2.60. The number of benzene rings is 1. The van der Waals surface area contributed by atoms with E-state index < -0.39 is 52.4 Å². The van der Waals surface area contributed by atoms with Crippen molar-refractivity contribution in [2.75, 3.05) is 6.61 Å². The van der Waals surface area contributed by atoms with Crippen molar-refractivity contribution in [1.82, 2.24) is 0 Å².